The maximum Gasteiger partial charge on any atom is 0.261 e. The quantitative estimate of drug-likeness (QED) is 0.392. The van der Waals surface area contributed by atoms with Gasteiger partial charge in [0.05, 0.1) is 17.0 Å². The average Bonchev–Trinajstić information content (AvgIpc) is 3.19. The highest BCUT2D eigenvalue weighted by Gasteiger charge is 2.15. The lowest BCUT2D eigenvalue weighted by atomic mass is 10.2. The summed E-state index contributed by atoms with van der Waals surface area (Å²) in [6.07, 6.45) is 3.85. The third-order valence-corrected chi connectivity index (χ3v) is 6.42. The van der Waals surface area contributed by atoms with E-state index in [1.807, 2.05) is 43.5 Å². The van der Waals surface area contributed by atoms with E-state index in [2.05, 4.69) is 27.8 Å². The summed E-state index contributed by atoms with van der Waals surface area (Å²) in [5, 5.41) is 8.12. The summed E-state index contributed by atoms with van der Waals surface area (Å²) in [6, 6.07) is 14.0. The Labute approximate surface area is 183 Å². The van der Waals surface area contributed by atoms with Crippen LogP contribution in [0.2, 0.25) is 0 Å². The second kappa shape index (κ2) is 8.99. The van der Waals surface area contributed by atoms with Gasteiger partial charge in [-0.15, -0.1) is 23.1 Å². The van der Waals surface area contributed by atoms with Gasteiger partial charge in [0.25, 0.3) is 5.91 Å². The fraction of sp³-hybridized carbons (Fsp3) is 0.227. The van der Waals surface area contributed by atoms with Crippen molar-refractivity contribution in [3.05, 3.63) is 53.5 Å². The van der Waals surface area contributed by atoms with Crippen LogP contribution in [0.4, 0.5) is 11.6 Å². The van der Waals surface area contributed by atoms with Gasteiger partial charge < -0.3 is 15.4 Å². The van der Waals surface area contributed by atoms with Gasteiger partial charge in [-0.3, -0.25) is 4.79 Å². The minimum atomic E-state index is -0.102. The summed E-state index contributed by atoms with van der Waals surface area (Å²) in [4.78, 5) is 23.6. The lowest BCUT2D eigenvalue weighted by Crippen LogP contribution is -2.35. The highest BCUT2D eigenvalue weighted by molar-refractivity contribution is 7.98. The van der Waals surface area contributed by atoms with Gasteiger partial charge in [-0.25, -0.2) is 9.97 Å². The van der Waals surface area contributed by atoms with Crippen LogP contribution < -0.4 is 10.6 Å². The SMILES string of the molecule is COC[C@H](C)NC(=O)c1cc2c(ccc3cnc(Nc4cccc(SC)c4)nc32)s1. The molecule has 1 atom stereocenters. The van der Waals surface area contributed by atoms with Crippen LogP contribution in [0.5, 0.6) is 0 Å². The Morgan fingerprint density at radius 1 is 1.27 bits per heavy atom. The minimum Gasteiger partial charge on any atom is -0.383 e. The molecule has 6 nitrogen and oxygen atoms in total. The van der Waals surface area contributed by atoms with Crippen LogP contribution in [0.1, 0.15) is 16.6 Å². The number of amides is 1. The molecule has 154 valence electrons. The van der Waals surface area contributed by atoms with Crippen molar-refractivity contribution in [1.82, 2.24) is 15.3 Å². The molecule has 0 saturated carbocycles. The average molecular weight is 439 g/mol. The van der Waals surface area contributed by atoms with Crippen LogP contribution >= 0.6 is 23.1 Å². The fourth-order valence-corrected chi connectivity index (χ4v) is 4.62. The molecular weight excluding hydrogens is 416 g/mol. The molecule has 0 fully saturated rings. The molecule has 4 aromatic rings. The number of thioether (sulfide) groups is 1. The van der Waals surface area contributed by atoms with Crippen LogP contribution in [0, 0.1) is 0 Å². The first-order chi connectivity index (χ1) is 14.6. The number of aromatic nitrogens is 2. The van der Waals surface area contributed by atoms with Gasteiger partial charge in [-0.1, -0.05) is 6.07 Å². The first-order valence-corrected chi connectivity index (χ1v) is 11.5. The number of carbonyl (C=O) groups is 1. The maximum atomic E-state index is 12.6. The summed E-state index contributed by atoms with van der Waals surface area (Å²) in [7, 11) is 1.62. The van der Waals surface area contributed by atoms with Gasteiger partial charge in [-0.05, 0) is 49.6 Å². The first-order valence-electron chi connectivity index (χ1n) is 9.47. The van der Waals surface area contributed by atoms with Crippen LogP contribution in [0.15, 0.2) is 53.6 Å². The number of ether oxygens (including phenoxy) is 1. The van der Waals surface area contributed by atoms with Crippen molar-refractivity contribution >= 4 is 61.6 Å². The van der Waals surface area contributed by atoms with Crippen molar-refractivity contribution in [2.75, 3.05) is 25.3 Å². The Morgan fingerprint density at radius 3 is 2.93 bits per heavy atom. The van der Waals surface area contributed by atoms with Gasteiger partial charge in [0, 0.05) is 45.4 Å². The molecule has 0 radical (unpaired) electrons. The monoisotopic (exact) mass is 438 g/mol. The zero-order chi connectivity index (χ0) is 21.1. The molecule has 0 aliphatic heterocycles. The van der Waals surface area contributed by atoms with E-state index >= 15 is 0 Å². The van der Waals surface area contributed by atoms with E-state index in [0.717, 1.165) is 26.7 Å². The van der Waals surface area contributed by atoms with E-state index < -0.39 is 0 Å². The number of hydrogen-bond donors (Lipinski definition) is 2. The van der Waals surface area contributed by atoms with E-state index in [1.54, 1.807) is 25.1 Å². The lowest BCUT2D eigenvalue weighted by molar-refractivity contribution is 0.0909. The summed E-state index contributed by atoms with van der Waals surface area (Å²) in [5.74, 6) is 0.425. The standard InChI is InChI=1S/C22H22N4O2S2/c1-13(12-28-2)24-21(27)19-10-17-18(30-19)8-7-14-11-23-22(26-20(14)17)25-15-5-4-6-16(9-15)29-3/h4-11,13H,12H2,1-3H3,(H,24,27)(H,23,25,26)/t13-/m0/s1. The number of nitrogens with one attached hydrogen (secondary N) is 2. The zero-order valence-electron chi connectivity index (χ0n) is 16.9. The Hall–Kier alpha value is -2.68. The topological polar surface area (TPSA) is 76.1 Å². The van der Waals surface area contributed by atoms with Gasteiger partial charge >= 0.3 is 0 Å². The molecule has 2 heterocycles. The Kier molecular flexibility index (Phi) is 6.17. The molecule has 0 unspecified atom stereocenters. The van der Waals surface area contributed by atoms with Crippen LogP contribution in [0.3, 0.4) is 0 Å². The Morgan fingerprint density at radius 2 is 2.13 bits per heavy atom. The number of thiophene rings is 1. The fourth-order valence-electron chi connectivity index (χ4n) is 3.20. The van der Waals surface area contributed by atoms with E-state index in [0.29, 0.717) is 17.4 Å². The number of benzene rings is 2. The second-order valence-corrected chi connectivity index (χ2v) is 8.87. The Balaban J connectivity index is 1.67. The number of methoxy groups -OCH3 is 1. The zero-order valence-corrected chi connectivity index (χ0v) is 18.6. The number of anilines is 2. The smallest absolute Gasteiger partial charge is 0.261 e. The van der Waals surface area contributed by atoms with E-state index in [4.69, 9.17) is 9.72 Å². The maximum absolute atomic E-state index is 12.6. The summed E-state index contributed by atoms with van der Waals surface area (Å²) in [5.41, 5.74) is 1.76. The summed E-state index contributed by atoms with van der Waals surface area (Å²) < 4.78 is 6.11. The molecule has 4 rings (SSSR count). The first kappa shape index (κ1) is 20.6. The number of carbonyl (C=O) groups excluding carboxylic acids is 1. The highest BCUT2D eigenvalue weighted by atomic mass is 32.2. The molecule has 8 heteroatoms. The molecule has 0 spiro atoms. The number of rotatable bonds is 7. The van der Waals surface area contributed by atoms with Crippen molar-refractivity contribution in [2.24, 2.45) is 0 Å². The molecular formula is C22H22N4O2S2. The molecule has 1 amide bonds. The lowest BCUT2D eigenvalue weighted by Gasteiger charge is -2.11. The van der Waals surface area contributed by atoms with Crippen molar-refractivity contribution < 1.29 is 9.53 Å². The van der Waals surface area contributed by atoms with Gasteiger partial charge in [0.2, 0.25) is 5.95 Å². The van der Waals surface area contributed by atoms with Gasteiger partial charge in [-0.2, -0.15) is 0 Å². The van der Waals surface area contributed by atoms with Gasteiger partial charge in [0.15, 0.2) is 0 Å². The van der Waals surface area contributed by atoms with Crippen molar-refractivity contribution in [3.8, 4) is 0 Å². The predicted octanol–water partition coefficient (Wildman–Crippen LogP) is 5.07. The Bertz CT molecular complexity index is 1210. The number of fused-ring (bicyclic) bond motifs is 3. The molecule has 2 aromatic carbocycles. The van der Waals surface area contributed by atoms with E-state index in [-0.39, 0.29) is 11.9 Å². The third-order valence-electron chi connectivity index (χ3n) is 4.59. The van der Waals surface area contributed by atoms with Crippen molar-refractivity contribution in [2.45, 2.75) is 17.9 Å². The normalized spacial score (nSPS) is 12.2. The van der Waals surface area contributed by atoms with E-state index in [1.165, 1.54) is 16.2 Å². The predicted molar refractivity (Wildman–Crippen MR) is 125 cm³/mol. The third kappa shape index (κ3) is 4.40. The molecule has 0 saturated heterocycles. The van der Waals surface area contributed by atoms with Crippen molar-refractivity contribution in [1.29, 1.82) is 0 Å². The van der Waals surface area contributed by atoms with Gasteiger partial charge in [0.1, 0.15) is 0 Å². The molecule has 0 aliphatic carbocycles. The van der Waals surface area contributed by atoms with Crippen LogP contribution in [-0.4, -0.2) is 41.9 Å². The number of nitrogens with zero attached hydrogens (tertiary/aromatic N) is 2. The molecule has 0 bridgehead atoms. The summed E-state index contributed by atoms with van der Waals surface area (Å²) in [6.45, 7) is 2.39. The van der Waals surface area contributed by atoms with Crippen LogP contribution in [0.25, 0.3) is 21.0 Å². The van der Waals surface area contributed by atoms with Crippen LogP contribution in [-0.2, 0) is 4.74 Å². The largest absolute Gasteiger partial charge is 0.383 e. The molecule has 0 aliphatic rings. The molecule has 2 aromatic heterocycles. The highest BCUT2D eigenvalue weighted by Crippen LogP contribution is 2.32. The molecule has 2 N–H and O–H groups in total. The molecule has 30 heavy (non-hydrogen) atoms. The van der Waals surface area contributed by atoms with Crippen molar-refractivity contribution in [3.63, 3.8) is 0 Å². The van der Waals surface area contributed by atoms with E-state index in [9.17, 15) is 4.79 Å². The summed E-state index contributed by atoms with van der Waals surface area (Å²) >= 11 is 3.14. The second-order valence-electron chi connectivity index (χ2n) is 6.91. The number of hydrogen-bond acceptors (Lipinski definition) is 7. The minimum absolute atomic E-state index is 0.0559.